The Balaban J connectivity index is 1.45. The maximum atomic E-state index is 12.7. The van der Waals surface area contributed by atoms with Gasteiger partial charge in [-0.2, -0.15) is 0 Å². The minimum atomic E-state index is -0.498. The van der Waals surface area contributed by atoms with Gasteiger partial charge in [0.2, 0.25) is 0 Å². The van der Waals surface area contributed by atoms with Crippen LogP contribution in [0.5, 0.6) is 11.5 Å². The molecule has 8 nitrogen and oxygen atoms in total. The zero-order valence-electron chi connectivity index (χ0n) is 27.5. The number of nitrogens with zero attached hydrogens (tertiary/aromatic N) is 1. The van der Waals surface area contributed by atoms with Crippen LogP contribution in [0.15, 0.2) is 29.8 Å². The topological polar surface area (TPSA) is 83.5 Å². The van der Waals surface area contributed by atoms with E-state index in [0.717, 1.165) is 62.0 Å². The number of hydrogen-bond acceptors (Lipinski definition) is 7. The number of esters is 1. The first-order valence-corrected chi connectivity index (χ1v) is 16.2. The molecule has 0 unspecified atom stereocenters. The van der Waals surface area contributed by atoms with E-state index < -0.39 is 11.2 Å². The van der Waals surface area contributed by atoms with Gasteiger partial charge < -0.3 is 28.6 Å². The molecule has 2 saturated heterocycles. The van der Waals surface area contributed by atoms with Gasteiger partial charge in [-0.3, -0.25) is 4.79 Å². The number of ether oxygens (including phenoxy) is 5. The van der Waals surface area contributed by atoms with E-state index in [2.05, 4.69) is 32.9 Å². The van der Waals surface area contributed by atoms with E-state index in [0.29, 0.717) is 39.3 Å². The normalized spacial score (nSPS) is 24.3. The lowest BCUT2D eigenvalue weighted by Gasteiger charge is -2.55. The molecule has 1 aromatic carbocycles. The molecule has 1 amide bonds. The molecule has 3 aliphatic heterocycles. The molecule has 0 aliphatic carbocycles. The molecule has 43 heavy (non-hydrogen) atoms. The fourth-order valence-corrected chi connectivity index (χ4v) is 6.63. The Labute approximate surface area is 258 Å². The summed E-state index contributed by atoms with van der Waals surface area (Å²) < 4.78 is 30.4. The van der Waals surface area contributed by atoms with Gasteiger partial charge in [0.1, 0.15) is 22.7 Å². The van der Waals surface area contributed by atoms with Gasteiger partial charge in [-0.15, -0.1) is 0 Å². The standard InChI is InChI=1S/C35H53NO7/c1-8-39-30(37)13-9-10-21-40-26-14-15-27-29(22-26)42-34(7,16-11-12-25(2)3)28-23-35(24-41-31(27)28)17-19-36(20-18-35)32(38)43-33(4,5)6/h12,14-15,22,28,31H,8-11,13,16-21,23-24H2,1-7H3/t28-,31+,34-/m0/s1. The van der Waals surface area contributed by atoms with E-state index >= 15 is 0 Å². The van der Waals surface area contributed by atoms with Crippen molar-refractivity contribution in [1.82, 2.24) is 4.90 Å². The highest BCUT2D eigenvalue weighted by Gasteiger charge is 2.54. The van der Waals surface area contributed by atoms with Crippen LogP contribution in [0.2, 0.25) is 0 Å². The molecule has 0 bridgehead atoms. The van der Waals surface area contributed by atoms with Crippen LogP contribution in [-0.4, -0.2) is 61.1 Å². The molecule has 0 N–H and O–H groups in total. The van der Waals surface area contributed by atoms with E-state index in [1.165, 1.54) is 5.57 Å². The highest BCUT2D eigenvalue weighted by atomic mass is 16.6. The van der Waals surface area contributed by atoms with Gasteiger partial charge in [-0.25, -0.2) is 4.79 Å². The van der Waals surface area contributed by atoms with Crippen molar-refractivity contribution in [2.75, 3.05) is 32.9 Å². The van der Waals surface area contributed by atoms with Crippen LogP contribution >= 0.6 is 0 Å². The summed E-state index contributed by atoms with van der Waals surface area (Å²) in [5, 5.41) is 0. The average Bonchev–Trinajstić information content (AvgIpc) is 2.92. The number of amides is 1. The largest absolute Gasteiger partial charge is 0.493 e. The molecule has 4 rings (SSSR count). The first kappa shape index (κ1) is 33.2. The summed E-state index contributed by atoms with van der Waals surface area (Å²) in [4.78, 5) is 26.2. The zero-order valence-corrected chi connectivity index (χ0v) is 27.5. The van der Waals surface area contributed by atoms with Gasteiger partial charge in [-0.05, 0) is 111 Å². The number of carbonyl (C=O) groups is 2. The molecule has 240 valence electrons. The average molecular weight is 600 g/mol. The molecular formula is C35H53NO7. The van der Waals surface area contributed by atoms with E-state index in [9.17, 15) is 9.59 Å². The van der Waals surface area contributed by atoms with Gasteiger partial charge in [0.05, 0.1) is 25.9 Å². The van der Waals surface area contributed by atoms with Gasteiger partial charge in [0.25, 0.3) is 0 Å². The quantitative estimate of drug-likeness (QED) is 0.154. The molecule has 3 heterocycles. The van der Waals surface area contributed by atoms with Crippen molar-refractivity contribution in [2.24, 2.45) is 11.3 Å². The van der Waals surface area contributed by atoms with Crippen molar-refractivity contribution in [3.63, 3.8) is 0 Å². The first-order valence-electron chi connectivity index (χ1n) is 16.2. The third-order valence-corrected chi connectivity index (χ3v) is 9.02. The Morgan fingerprint density at radius 1 is 1.14 bits per heavy atom. The summed E-state index contributed by atoms with van der Waals surface area (Å²) in [6.45, 7) is 17.0. The van der Waals surface area contributed by atoms with Crippen LogP contribution in [0.25, 0.3) is 0 Å². The fourth-order valence-electron chi connectivity index (χ4n) is 6.63. The number of rotatable bonds is 10. The second kappa shape index (κ2) is 13.9. The third-order valence-electron chi connectivity index (χ3n) is 9.02. The molecule has 0 saturated carbocycles. The van der Waals surface area contributed by atoms with E-state index in [1.54, 1.807) is 0 Å². The molecule has 0 aromatic heterocycles. The van der Waals surface area contributed by atoms with E-state index in [-0.39, 0.29) is 29.5 Å². The summed E-state index contributed by atoms with van der Waals surface area (Å²) in [6, 6.07) is 6.10. The first-order chi connectivity index (χ1) is 20.3. The summed E-state index contributed by atoms with van der Waals surface area (Å²) in [6.07, 6.45) is 8.56. The summed E-state index contributed by atoms with van der Waals surface area (Å²) in [5.74, 6) is 1.64. The third kappa shape index (κ3) is 8.68. The van der Waals surface area contributed by atoms with Crippen LogP contribution in [0, 0.1) is 11.3 Å². The number of likely N-dealkylation sites (tertiary alicyclic amines) is 1. The number of piperidine rings is 1. The fraction of sp³-hybridized carbons (Fsp3) is 0.714. The van der Waals surface area contributed by atoms with Crippen molar-refractivity contribution in [1.29, 1.82) is 0 Å². The summed E-state index contributed by atoms with van der Waals surface area (Å²) >= 11 is 0. The molecule has 0 radical (unpaired) electrons. The van der Waals surface area contributed by atoms with E-state index in [1.807, 2.05) is 44.7 Å². The molecular weight excluding hydrogens is 546 g/mol. The second-order valence-corrected chi connectivity index (χ2v) is 14.1. The maximum absolute atomic E-state index is 12.7. The van der Waals surface area contributed by atoms with Gasteiger partial charge in [-0.1, -0.05) is 11.6 Å². The number of hydrogen-bond donors (Lipinski definition) is 0. The van der Waals surface area contributed by atoms with Crippen molar-refractivity contribution in [3.8, 4) is 11.5 Å². The minimum Gasteiger partial charge on any atom is -0.493 e. The Hall–Kier alpha value is -2.74. The van der Waals surface area contributed by atoms with Gasteiger partial charge in [0, 0.05) is 37.1 Å². The molecule has 2 fully saturated rings. The monoisotopic (exact) mass is 599 g/mol. The molecule has 8 heteroatoms. The van der Waals surface area contributed by atoms with Gasteiger partial charge in [0.15, 0.2) is 0 Å². The number of unbranched alkanes of at least 4 members (excludes halogenated alkanes) is 1. The lowest BCUT2D eigenvalue weighted by atomic mass is 9.63. The van der Waals surface area contributed by atoms with Crippen molar-refractivity contribution in [2.45, 2.75) is 117 Å². The number of benzene rings is 1. The van der Waals surface area contributed by atoms with Crippen LogP contribution in [0.3, 0.4) is 0 Å². The van der Waals surface area contributed by atoms with Crippen LogP contribution in [0.1, 0.15) is 112 Å². The molecule has 3 atom stereocenters. The van der Waals surface area contributed by atoms with Crippen LogP contribution in [0.4, 0.5) is 4.79 Å². The highest BCUT2D eigenvalue weighted by molar-refractivity contribution is 5.69. The van der Waals surface area contributed by atoms with Gasteiger partial charge >= 0.3 is 12.1 Å². The predicted molar refractivity (Wildman–Crippen MR) is 166 cm³/mol. The highest BCUT2D eigenvalue weighted by Crippen LogP contribution is 2.57. The lowest BCUT2D eigenvalue weighted by Crippen LogP contribution is -2.56. The molecule has 3 aliphatic rings. The number of carbonyl (C=O) groups excluding carboxylic acids is 2. The van der Waals surface area contributed by atoms with Crippen LogP contribution < -0.4 is 9.47 Å². The van der Waals surface area contributed by atoms with Crippen molar-refractivity contribution >= 4 is 12.1 Å². The number of fused-ring (bicyclic) bond motifs is 3. The zero-order chi connectivity index (χ0) is 31.3. The molecule has 1 aromatic rings. The minimum absolute atomic E-state index is 0.0188. The second-order valence-electron chi connectivity index (χ2n) is 14.1. The Morgan fingerprint density at radius 2 is 1.88 bits per heavy atom. The lowest BCUT2D eigenvalue weighted by molar-refractivity contribution is -0.179. The summed E-state index contributed by atoms with van der Waals surface area (Å²) in [7, 11) is 0. The smallest absolute Gasteiger partial charge is 0.410 e. The SMILES string of the molecule is CCOC(=O)CCCCOc1ccc2c(c1)O[C@@](C)(CCC=C(C)C)[C@H]1CC3(CCN(C(=O)OC(C)(C)C)CC3)CO[C@H]21. The number of allylic oxidation sites excluding steroid dienone is 2. The molecule has 1 spiro atoms. The van der Waals surface area contributed by atoms with Crippen LogP contribution in [-0.2, 0) is 19.0 Å². The summed E-state index contributed by atoms with van der Waals surface area (Å²) in [5.41, 5.74) is 1.51. The predicted octanol–water partition coefficient (Wildman–Crippen LogP) is 7.79. The Bertz CT molecular complexity index is 1140. The Kier molecular flexibility index (Phi) is 10.7. The van der Waals surface area contributed by atoms with Crippen molar-refractivity contribution in [3.05, 3.63) is 35.4 Å². The Morgan fingerprint density at radius 3 is 2.56 bits per heavy atom. The van der Waals surface area contributed by atoms with E-state index in [4.69, 9.17) is 23.7 Å². The van der Waals surface area contributed by atoms with Crippen molar-refractivity contribution < 1.29 is 33.3 Å². The maximum Gasteiger partial charge on any atom is 0.410 e.